The topological polar surface area (TPSA) is 156 Å². The first-order valence-electron chi connectivity index (χ1n) is 8.18. The number of anilines is 1. The summed E-state index contributed by atoms with van der Waals surface area (Å²) in [5.74, 6) is -0.518. The van der Waals surface area contributed by atoms with Crippen molar-refractivity contribution in [3.8, 4) is 0 Å². The van der Waals surface area contributed by atoms with E-state index in [1.54, 1.807) is 20.8 Å². The molecule has 27 heavy (non-hydrogen) atoms. The van der Waals surface area contributed by atoms with E-state index in [-0.39, 0.29) is 18.7 Å². The number of benzene rings is 1. The molecule has 0 fully saturated rings. The third-order valence-electron chi connectivity index (χ3n) is 3.37. The van der Waals surface area contributed by atoms with Gasteiger partial charge in [0.05, 0.1) is 11.3 Å². The van der Waals surface area contributed by atoms with Gasteiger partial charge in [-0.1, -0.05) is 0 Å². The summed E-state index contributed by atoms with van der Waals surface area (Å²) < 4.78 is 36.7. The van der Waals surface area contributed by atoms with Crippen molar-refractivity contribution in [2.24, 2.45) is 0 Å². The molecule has 0 bridgehead atoms. The Morgan fingerprint density at radius 1 is 1.37 bits per heavy atom. The molecule has 1 atom stereocenters. The molecule has 1 aromatic rings. The minimum absolute atomic E-state index is 0.0149. The molecule has 0 aromatic heterocycles. The summed E-state index contributed by atoms with van der Waals surface area (Å²) in [6.07, 6.45) is 0.568. The Hall–Kier alpha value is -2.24. The lowest BCUT2D eigenvalue weighted by atomic mass is 10.1. The lowest BCUT2D eigenvalue weighted by molar-refractivity contribution is -0.384. The number of carbonyl (C=O) groups is 1. The minimum Gasteiger partial charge on any atom is -0.460 e. The van der Waals surface area contributed by atoms with Gasteiger partial charge < -0.3 is 15.2 Å². The number of aliphatic hydroxyl groups excluding tert-OH is 1. The number of nitrogens with zero attached hydrogens (tertiary/aromatic N) is 1. The molecule has 0 aliphatic carbocycles. The van der Waals surface area contributed by atoms with Gasteiger partial charge in [0.25, 0.3) is 15.8 Å². The maximum atomic E-state index is 12.1. The lowest BCUT2D eigenvalue weighted by Gasteiger charge is -2.23. The molecular weight excluding hydrogens is 380 g/mol. The highest BCUT2D eigenvalue weighted by Crippen LogP contribution is 2.29. The largest absolute Gasteiger partial charge is 0.460 e. The van der Waals surface area contributed by atoms with E-state index < -0.39 is 43.2 Å². The second-order valence-electron chi connectivity index (χ2n) is 6.91. The van der Waals surface area contributed by atoms with Gasteiger partial charge in [0, 0.05) is 18.7 Å². The minimum atomic E-state index is -4.60. The predicted octanol–water partition coefficient (Wildman–Crippen LogP) is 2.13. The van der Waals surface area contributed by atoms with Crippen molar-refractivity contribution in [1.29, 1.82) is 0 Å². The van der Waals surface area contributed by atoms with Crippen LogP contribution in [0, 0.1) is 10.1 Å². The summed E-state index contributed by atoms with van der Waals surface area (Å²) in [5.41, 5.74) is -1.27. The van der Waals surface area contributed by atoms with E-state index in [0.29, 0.717) is 12.8 Å². The first-order chi connectivity index (χ1) is 12.3. The molecule has 10 nitrogen and oxygen atoms in total. The molecule has 0 saturated carbocycles. The zero-order valence-electron chi connectivity index (χ0n) is 15.3. The summed E-state index contributed by atoms with van der Waals surface area (Å²) in [6.45, 7) is 5.00. The average Bonchev–Trinajstić information content (AvgIpc) is 2.49. The van der Waals surface area contributed by atoms with Crippen molar-refractivity contribution in [1.82, 2.24) is 0 Å². The smallest absolute Gasteiger partial charge is 0.308 e. The van der Waals surface area contributed by atoms with E-state index in [0.717, 1.165) is 18.2 Å². The molecule has 0 spiro atoms. The molecule has 0 aliphatic rings. The number of nitrogens with one attached hydrogen (secondary N) is 1. The van der Waals surface area contributed by atoms with Gasteiger partial charge in [-0.05, 0) is 45.7 Å². The van der Waals surface area contributed by atoms with Crippen LogP contribution in [0.1, 0.15) is 40.0 Å². The molecule has 0 heterocycles. The standard InChI is InChI=1S/C16H24N2O8S/c1-16(2,3)26-15(20)9-11(5-4-8-19)17-13-7-6-12(27(23,24)25)10-14(13)18(21)22/h6-7,10-11,17,19H,4-5,8-9H2,1-3H3,(H,23,24,25). The Bertz CT molecular complexity index is 786. The van der Waals surface area contributed by atoms with Gasteiger partial charge in [-0.3, -0.25) is 19.5 Å². The van der Waals surface area contributed by atoms with Crippen molar-refractivity contribution in [2.75, 3.05) is 11.9 Å². The van der Waals surface area contributed by atoms with Crippen LogP contribution in [0.15, 0.2) is 23.1 Å². The zero-order valence-corrected chi connectivity index (χ0v) is 16.2. The van der Waals surface area contributed by atoms with Crippen LogP contribution in [0.5, 0.6) is 0 Å². The number of hydrogen-bond donors (Lipinski definition) is 3. The quantitative estimate of drug-likeness (QED) is 0.243. The van der Waals surface area contributed by atoms with Crippen LogP contribution in [0.2, 0.25) is 0 Å². The summed E-state index contributed by atoms with van der Waals surface area (Å²) in [4.78, 5) is 21.9. The Labute approximate surface area is 157 Å². The van der Waals surface area contributed by atoms with E-state index in [4.69, 9.17) is 14.4 Å². The van der Waals surface area contributed by atoms with E-state index >= 15 is 0 Å². The highest BCUT2D eigenvalue weighted by Gasteiger charge is 2.24. The van der Waals surface area contributed by atoms with Crippen LogP contribution >= 0.6 is 0 Å². The monoisotopic (exact) mass is 404 g/mol. The van der Waals surface area contributed by atoms with Crippen LogP contribution in [0.4, 0.5) is 11.4 Å². The Kier molecular flexibility index (Phi) is 7.69. The highest BCUT2D eigenvalue weighted by molar-refractivity contribution is 7.85. The number of aliphatic hydroxyl groups is 1. The highest BCUT2D eigenvalue weighted by atomic mass is 32.2. The van der Waals surface area contributed by atoms with E-state index in [1.807, 2.05) is 0 Å². The molecule has 1 aromatic carbocycles. The summed E-state index contributed by atoms with van der Waals surface area (Å²) in [5, 5.41) is 23.1. The Morgan fingerprint density at radius 3 is 2.48 bits per heavy atom. The fraction of sp³-hybridized carbons (Fsp3) is 0.562. The van der Waals surface area contributed by atoms with Crippen molar-refractivity contribution in [2.45, 2.75) is 56.6 Å². The zero-order chi connectivity index (χ0) is 20.8. The normalized spacial score (nSPS) is 13.1. The maximum Gasteiger partial charge on any atom is 0.308 e. The summed E-state index contributed by atoms with van der Waals surface area (Å²) in [7, 11) is -4.60. The average molecular weight is 404 g/mol. The molecule has 0 saturated heterocycles. The van der Waals surface area contributed by atoms with Crippen LogP contribution in [-0.4, -0.2) is 47.2 Å². The number of esters is 1. The van der Waals surface area contributed by atoms with Crippen molar-refractivity contribution < 1.29 is 32.5 Å². The number of rotatable bonds is 9. The van der Waals surface area contributed by atoms with E-state index in [9.17, 15) is 23.3 Å². The Balaban J connectivity index is 3.09. The van der Waals surface area contributed by atoms with Crippen molar-refractivity contribution in [3.05, 3.63) is 28.3 Å². The van der Waals surface area contributed by atoms with Crippen molar-refractivity contribution >= 4 is 27.5 Å². The second-order valence-corrected chi connectivity index (χ2v) is 8.33. The third kappa shape index (κ3) is 7.89. The summed E-state index contributed by atoms with van der Waals surface area (Å²) in [6, 6.07) is 2.31. The first-order valence-corrected chi connectivity index (χ1v) is 9.62. The fourth-order valence-electron chi connectivity index (χ4n) is 2.31. The number of nitro benzene ring substituents is 1. The number of nitro groups is 1. The van der Waals surface area contributed by atoms with E-state index in [1.165, 1.54) is 0 Å². The number of hydrogen-bond acceptors (Lipinski definition) is 8. The predicted molar refractivity (Wildman–Crippen MR) is 97.1 cm³/mol. The third-order valence-corrected chi connectivity index (χ3v) is 4.22. The van der Waals surface area contributed by atoms with Crippen LogP contribution < -0.4 is 5.32 Å². The Morgan fingerprint density at radius 2 is 2.00 bits per heavy atom. The number of ether oxygens (including phenoxy) is 1. The van der Waals surface area contributed by atoms with Crippen LogP contribution in [0.3, 0.4) is 0 Å². The van der Waals surface area contributed by atoms with Gasteiger partial charge in [-0.2, -0.15) is 8.42 Å². The molecule has 1 rings (SSSR count). The van der Waals surface area contributed by atoms with Gasteiger partial charge in [0.1, 0.15) is 16.2 Å². The molecular formula is C16H24N2O8S. The molecule has 0 aliphatic heterocycles. The molecule has 1 unspecified atom stereocenters. The van der Waals surface area contributed by atoms with Crippen LogP contribution in [0.25, 0.3) is 0 Å². The van der Waals surface area contributed by atoms with Gasteiger partial charge >= 0.3 is 5.97 Å². The molecule has 152 valence electrons. The molecule has 0 amide bonds. The summed E-state index contributed by atoms with van der Waals surface area (Å²) >= 11 is 0. The lowest BCUT2D eigenvalue weighted by Crippen LogP contribution is -2.30. The van der Waals surface area contributed by atoms with Gasteiger partial charge in [0.15, 0.2) is 0 Å². The van der Waals surface area contributed by atoms with Gasteiger partial charge in [-0.25, -0.2) is 0 Å². The van der Waals surface area contributed by atoms with Crippen molar-refractivity contribution in [3.63, 3.8) is 0 Å². The first kappa shape index (κ1) is 22.8. The van der Waals surface area contributed by atoms with Gasteiger partial charge in [0.2, 0.25) is 0 Å². The van der Waals surface area contributed by atoms with E-state index in [2.05, 4.69) is 5.32 Å². The molecule has 3 N–H and O–H groups in total. The fourth-order valence-corrected chi connectivity index (χ4v) is 2.81. The van der Waals surface area contributed by atoms with Gasteiger partial charge in [-0.15, -0.1) is 0 Å². The van der Waals surface area contributed by atoms with Crippen LogP contribution in [-0.2, 0) is 19.6 Å². The molecule has 11 heteroatoms. The molecule has 0 radical (unpaired) electrons. The SMILES string of the molecule is CC(C)(C)OC(=O)CC(CCCO)Nc1ccc(S(=O)(=O)O)cc1[N+](=O)[O-]. The second kappa shape index (κ2) is 9.11. The number of carbonyl (C=O) groups excluding carboxylic acids is 1. The maximum absolute atomic E-state index is 12.1.